The molecule has 0 atom stereocenters. The number of hydrogen-bond acceptors (Lipinski definition) is 2. The molecule has 2 aromatic rings. The Labute approximate surface area is 102 Å². The van der Waals surface area contributed by atoms with Gasteiger partial charge in [-0.3, -0.25) is 0 Å². The molecule has 4 heteroatoms. The summed E-state index contributed by atoms with van der Waals surface area (Å²) in [6.45, 7) is 4.10. The molecule has 1 aromatic carbocycles. The lowest BCUT2D eigenvalue weighted by molar-refractivity contribution is 0.445. The predicted octanol–water partition coefficient (Wildman–Crippen LogP) is 3.99. The monoisotopic (exact) mass is 287 g/mol. The number of fused-ring (bicyclic) bond motifs is 1. The molecule has 0 fully saturated rings. The second-order valence-electron chi connectivity index (χ2n) is 3.55. The zero-order valence-corrected chi connectivity index (χ0v) is 10.9. The first-order chi connectivity index (χ1) is 7.15. The minimum absolute atomic E-state index is 0.562. The van der Waals surface area contributed by atoms with Crippen LogP contribution >= 0.6 is 27.5 Å². The van der Waals surface area contributed by atoms with Crippen molar-refractivity contribution in [2.45, 2.75) is 20.3 Å². The largest absolute Gasteiger partial charge is 0.356 e. The number of rotatable bonds is 2. The Hall–Kier alpha value is -0.540. The van der Waals surface area contributed by atoms with Crippen LogP contribution in [0.4, 0.5) is 0 Å². The Balaban J connectivity index is 2.71. The fourth-order valence-corrected chi connectivity index (χ4v) is 2.31. The van der Waals surface area contributed by atoms with Gasteiger partial charge in [0.05, 0.1) is 5.69 Å². The standard InChI is InChI=1S/C11H11BrClNO/c1-6-7(2)11-8(5-9(6)12)10(3-4-13)14-15-11/h5H,3-4H2,1-2H3. The maximum atomic E-state index is 5.71. The maximum absolute atomic E-state index is 5.71. The van der Waals surface area contributed by atoms with Crippen LogP contribution in [-0.4, -0.2) is 11.0 Å². The molecule has 80 valence electrons. The molecule has 0 unspecified atom stereocenters. The second-order valence-corrected chi connectivity index (χ2v) is 4.79. The van der Waals surface area contributed by atoms with Gasteiger partial charge in [0, 0.05) is 22.2 Å². The maximum Gasteiger partial charge on any atom is 0.170 e. The molecular formula is C11H11BrClNO. The lowest BCUT2D eigenvalue weighted by Gasteiger charge is -2.02. The van der Waals surface area contributed by atoms with Gasteiger partial charge < -0.3 is 4.52 Å². The number of alkyl halides is 1. The van der Waals surface area contributed by atoms with E-state index in [0.29, 0.717) is 5.88 Å². The number of hydrogen-bond donors (Lipinski definition) is 0. The lowest BCUT2D eigenvalue weighted by Crippen LogP contribution is -1.88. The minimum Gasteiger partial charge on any atom is -0.356 e. The van der Waals surface area contributed by atoms with Crippen molar-refractivity contribution in [2.24, 2.45) is 0 Å². The first kappa shape index (κ1) is 11.0. The summed E-state index contributed by atoms with van der Waals surface area (Å²) >= 11 is 9.25. The van der Waals surface area contributed by atoms with Gasteiger partial charge in [-0.15, -0.1) is 11.6 Å². The average molecular weight is 289 g/mol. The Kier molecular flexibility index (Phi) is 3.03. The summed E-state index contributed by atoms with van der Waals surface area (Å²) < 4.78 is 6.43. The van der Waals surface area contributed by atoms with Crippen LogP contribution in [0.25, 0.3) is 11.0 Å². The number of nitrogens with zero attached hydrogens (tertiary/aromatic N) is 1. The van der Waals surface area contributed by atoms with Crippen LogP contribution in [-0.2, 0) is 6.42 Å². The molecule has 0 spiro atoms. The number of aryl methyl sites for hydroxylation is 2. The third kappa shape index (κ3) is 1.79. The van der Waals surface area contributed by atoms with Gasteiger partial charge in [-0.05, 0) is 31.0 Å². The molecule has 15 heavy (non-hydrogen) atoms. The highest BCUT2D eigenvalue weighted by Gasteiger charge is 2.13. The van der Waals surface area contributed by atoms with Crippen molar-refractivity contribution in [1.29, 1.82) is 0 Å². The predicted molar refractivity (Wildman–Crippen MR) is 65.6 cm³/mol. The lowest BCUT2D eigenvalue weighted by atomic mass is 10.1. The zero-order valence-electron chi connectivity index (χ0n) is 8.60. The summed E-state index contributed by atoms with van der Waals surface area (Å²) in [6, 6.07) is 2.05. The van der Waals surface area contributed by atoms with E-state index in [0.717, 1.165) is 33.1 Å². The fraction of sp³-hybridized carbons (Fsp3) is 0.364. The highest BCUT2D eigenvalue weighted by Crippen LogP contribution is 2.30. The number of halogens is 2. The summed E-state index contributed by atoms with van der Waals surface area (Å²) in [7, 11) is 0. The molecule has 0 saturated heterocycles. The summed E-state index contributed by atoms with van der Waals surface area (Å²) in [4.78, 5) is 0. The third-order valence-electron chi connectivity index (χ3n) is 2.67. The van der Waals surface area contributed by atoms with Crippen molar-refractivity contribution >= 4 is 38.5 Å². The molecule has 0 N–H and O–H groups in total. The minimum atomic E-state index is 0.562. The van der Waals surface area contributed by atoms with Gasteiger partial charge in [0.2, 0.25) is 0 Å². The van der Waals surface area contributed by atoms with E-state index in [1.807, 2.05) is 6.92 Å². The topological polar surface area (TPSA) is 26.0 Å². The van der Waals surface area contributed by atoms with Gasteiger partial charge in [-0.2, -0.15) is 0 Å². The molecule has 0 bridgehead atoms. The van der Waals surface area contributed by atoms with Crippen LogP contribution < -0.4 is 0 Å². The first-order valence-corrected chi connectivity index (χ1v) is 6.07. The van der Waals surface area contributed by atoms with Crippen LogP contribution in [0.3, 0.4) is 0 Å². The third-order valence-corrected chi connectivity index (χ3v) is 3.68. The zero-order chi connectivity index (χ0) is 11.0. The molecule has 0 radical (unpaired) electrons. The van der Waals surface area contributed by atoms with E-state index in [4.69, 9.17) is 16.1 Å². The van der Waals surface area contributed by atoms with Crippen LogP contribution in [0.5, 0.6) is 0 Å². The molecule has 0 saturated carbocycles. The van der Waals surface area contributed by atoms with Gasteiger partial charge in [0.15, 0.2) is 5.58 Å². The summed E-state index contributed by atoms with van der Waals surface area (Å²) in [6.07, 6.45) is 0.740. The normalized spacial score (nSPS) is 11.2. The molecule has 0 aliphatic carbocycles. The summed E-state index contributed by atoms with van der Waals surface area (Å²) in [5, 5.41) is 5.11. The smallest absolute Gasteiger partial charge is 0.170 e. The van der Waals surface area contributed by atoms with E-state index in [2.05, 4.69) is 34.1 Å². The van der Waals surface area contributed by atoms with Crippen LogP contribution in [0.2, 0.25) is 0 Å². The number of benzene rings is 1. The van der Waals surface area contributed by atoms with E-state index in [1.54, 1.807) is 0 Å². The SMILES string of the molecule is Cc1c(Br)cc2c(CCCl)noc2c1C. The highest BCUT2D eigenvalue weighted by atomic mass is 79.9. The molecule has 2 rings (SSSR count). The van der Waals surface area contributed by atoms with Gasteiger partial charge in [-0.25, -0.2) is 0 Å². The Bertz CT molecular complexity index is 507. The van der Waals surface area contributed by atoms with Crippen molar-refractivity contribution in [3.8, 4) is 0 Å². The second kappa shape index (κ2) is 4.14. The van der Waals surface area contributed by atoms with Crippen molar-refractivity contribution in [1.82, 2.24) is 5.16 Å². The van der Waals surface area contributed by atoms with Crippen molar-refractivity contribution < 1.29 is 4.52 Å². The quantitative estimate of drug-likeness (QED) is 0.781. The molecule has 1 heterocycles. The van der Waals surface area contributed by atoms with Crippen molar-refractivity contribution in [3.05, 3.63) is 27.4 Å². The van der Waals surface area contributed by atoms with E-state index in [9.17, 15) is 0 Å². The van der Waals surface area contributed by atoms with Gasteiger partial charge in [0.1, 0.15) is 0 Å². The Morgan fingerprint density at radius 3 is 2.80 bits per heavy atom. The van der Waals surface area contributed by atoms with Crippen molar-refractivity contribution in [3.63, 3.8) is 0 Å². The Morgan fingerprint density at radius 1 is 1.40 bits per heavy atom. The fourth-order valence-electron chi connectivity index (χ4n) is 1.60. The van der Waals surface area contributed by atoms with E-state index >= 15 is 0 Å². The van der Waals surface area contributed by atoms with Gasteiger partial charge in [-0.1, -0.05) is 21.1 Å². The molecule has 0 amide bonds. The molecular weight excluding hydrogens is 277 g/mol. The Morgan fingerprint density at radius 2 is 2.13 bits per heavy atom. The summed E-state index contributed by atoms with van der Waals surface area (Å²) in [5.41, 5.74) is 4.13. The molecule has 0 aliphatic rings. The number of aromatic nitrogens is 1. The molecule has 2 nitrogen and oxygen atoms in total. The first-order valence-electron chi connectivity index (χ1n) is 4.75. The van der Waals surface area contributed by atoms with Crippen LogP contribution in [0.1, 0.15) is 16.8 Å². The van der Waals surface area contributed by atoms with E-state index < -0.39 is 0 Å². The van der Waals surface area contributed by atoms with E-state index in [-0.39, 0.29) is 0 Å². The molecule has 0 aliphatic heterocycles. The summed E-state index contributed by atoms with van der Waals surface area (Å²) in [5.74, 6) is 0.562. The van der Waals surface area contributed by atoms with Gasteiger partial charge >= 0.3 is 0 Å². The molecule has 1 aromatic heterocycles. The van der Waals surface area contributed by atoms with Gasteiger partial charge in [0.25, 0.3) is 0 Å². The van der Waals surface area contributed by atoms with Crippen LogP contribution in [0.15, 0.2) is 15.1 Å². The van der Waals surface area contributed by atoms with Crippen molar-refractivity contribution in [2.75, 3.05) is 5.88 Å². The van der Waals surface area contributed by atoms with E-state index in [1.165, 1.54) is 5.56 Å². The highest BCUT2D eigenvalue weighted by molar-refractivity contribution is 9.10. The van der Waals surface area contributed by atoms with Crippen LogP contribution in [0, 0.1) is 13.8 Å². The average Bonchev–Trinajstić information content (AvgIpc) is 2.59.